The maximum atomic E-state index is 11.9. The molecule has 1 saturated carbocycles. The number of hydrogen-bond donors (Lipinski definition) is 1. The molecule has 2 unspecified atom stereocenters. The van der Waals surface area contributed by atoms with Gasteiger partial charge in [-0.3, -0.25) is 4.79 Å². The first-order valence-corrected chi connectivity index (χ1v) is 5.95. The van der Waals surface area contributed by atoms with E-state index in [9.17, 15) is 4.79 Å². The minimum Gasteiger partial charge on any atom is -0.397 e. The van der Waals surface area contributed by atoms with Gasteiger partial charge in [0.25, 0.3) is 5.56 Å². The second-order valence-corrected chi connectivity index (χ2v) is 5.25. The Morgan fingerprint density at radius 2 is 2.27 bits per heavy atom. The lowest BCUT2D eigenvalue weighted by atomic mass is 10.2. The van der Waals surface area contributed by atoms with Gasteiger partial charge < -0.3 is 10.3 Å². The minimum atomic E-state index is 0.0285. The van der Waals surface area contributed by atoms with Gasteiger partial charge in [-0.05, 0) is 46.7 Å². The second-order valence-electron chi connectivity index (χ2n) is 4.45. The molecular formula is C11H15BrN2O. The Kier molecular flexibility index (Phi) is 2.63. The fourth-order valence-corrected chi connectivity index (χ4v) is 2.23. The number of hydrogen-bond acceptors (Lipinski definition) is 2. The van der Waals surface area contributed by atoms with Crippen molar-refractivity contribution in [2.75, 3.05) is 5.73 Å². The van der Waals surface area contributed by atoms with Gasteiger partial charge >= 0.3 is 0 Å². The molecule has 2 atom stereocenters. The van der Waals surface area contributed by atoms with E-state index in [0.717, 1.165) is 18.0 Å². The molecular weight excluding hydrogens is 256 g/mol. The van der Waals surface area contributed by atoms with Gasteiger partial charge in [-0.25, -0.2) is 0 Å². The number of rotatable bonds is 2. The van der Waals surface area contributed by atoms with Crippen molar-refractivity contribution in [2.45, 2.75) is 26.8 Å². The summed E-state index contributed by atoms with van der Waals surface area (Å²) in [6, 6.07) is 0. The lowest BCUT2D eigenvalue weighted by Gasteiger charge is -2.09. The van der Waals surface area contributed by atoms with Gasteiger partial charge in [0, 0.05) is 12.7 Å². The zero-order valence-corrected chi connectivity index (χ0v) is 10.5. The Balaban J connectivity index is 2.35. The molecule has 0 aliphatic heterocycles. The molecule has 2 rings (SSSR count). The molecule has 0 radical (unpaired) electrons. The lowest BCUT2D eigenvalue weighted by Crippen LogP contribution is -2.23. The van der Waals surface area contributed by atoms with Crippen molar-refractivity contribution in [3.8, 4) is 0 Å². The third-order valence-corrected chi connectivity index (χ3v) is 4.15. The molecule has 1 aliphatic rings. The van der Waals surface area contributed by atoms with Crippen LogP contribution in [0.15, 0.2) is 15.5 Å². The first kappa shape index (κ1) is 10.7. The Labute approximate surface area is 97.4 Å². The number of aromatic nitrogens is 1. The van der Waals surface area contributed by atoms with E-state index in [2.05, 4.69) is 22.9 Å². The Hall–Kier alpha value is -0.770. The summed E-state index contributed by atoms with van der Waals surface area (Å²) in [4.78, 5) is 11.9. The summed E-state index contributed by atoms with van der Waals surface area (Å²) in [6.07, 6.45) is 2.98. The molecule has 3 nitrogen and oxygen atoms in total. The topological polar surface area (TPSA) is 48.0 Å². The number of nitrogens with zero attached hydrogens (tertiary/aromatic N) is 1. The zero-order chi connectivity index (χ0) is 11.2. The number of anilines is 1. The van der Waals surface area contributed by atoms with Crippen molar-refractivity contribution in [1.82, 2.24) is 4.57 Å². The predicted octanol–water partition coefficient (Wildman–Crippen LogP) is 2.16. The average molecular weight is 271 g/mol. The van der Waals surface area contributed by atoms with Gasteiger partial charge in [0.2, 0.25) is 0 Å². The first-order chi connectivity index (χ1) is 7.00. The third kappa shape index (κ3) is 1.95. The Bertz CT molecular complexity index is 453. The molecule has 1 aliphatic carbocycles. The monoisotopic (exact) mass is 270 g/mol. The summed E-state index contributed by atoms with van der Waals surface area (Å²) in [7, 11) is 0. The van der Waals surface area contributed by atoms with Crippen LogP contribution in [0.1, 0.15) is 18.9 Å². The van der Waals surface area contributed by atoms with Crippen molar-refractivity contribution < 1.29 is 0 Å². The minimum absolute atomic E-state index is 0.0285. The quantitative estimate of drug-likeness (QED) is 0.896. The summed E-state index contributed by atoms with van der Waals surface area (Å²) < 4.78 is 2.32. The van der Waals surface area contributed by atoms with Crippen molar-refractivity contribution in [3.05, 3.63) is 26.6 Å². The predicted molar refractivity (Wildman–Crippen MR) is 64.8 cm³/mol. The van der Waals surface area contributed by atoms with E-state index in [1.54, 1.807) is 10.8 Å². The van der Waals surface area contributed by atoms with E-state index in [-0.39, 0.29) is 5.56 Å². The standard InChI is InChI=1S/C11H15BrN2O/c1-6-3-8(6)4-14-5-9(13)7(2)10(12)11(14)15/h5-6,8H,3-4,13H2,1-2H3. The van der Waals surface area contributed by atoms with Crippen LogP contribution in [-0.2, 0) is 6.54 Å². The van der Waals surface area contributed by atoms with Crippen LogP contribution in [0.3, 0.4) is 0 Å². The number of pyridine rings is 1. The third-order valence-electron chi connectivity index (χ3n) is 3.21. The van der Waals surface area contributed by atoms with Gasteiger partial charge in [0.15, 0.2) is 0 Å². The average Bonchev–Trinajstić information content (AvgIpc) is 2.87. The van der Waals surface area contributed by atoms with Crippen molar-refractivity contribution >= 4 is 21.6 Å². The van der Waals surface area contributed by atoms with Gasteiger partial charge in [-0.2, -0.15) is 0 Å². The SMILES string of the molecule is Cc1c(N)cn(CC2CC2C)c(=O)c1Br. The van der Waals surface area contributed by atoms with Crippen LogP contribution < -0.4 is 11.3 Å². The molecule has 0 aromatic carbocycles. The molecule has 1 aromatic heterocycles. The molecule has 0 spiro atoms. The highest BCUT2D eigenvalue weighted by atomic mass is 79.9. The first-order valence-electron chi connectivity index (χ1n) is 5.15. The van der Waals surface area contributed by atoms with Gasteiger partial charge in [-0.1, -0.05) is 6.92 Å². The van der Waals surface area contributed by atoms with Crippen LogP contribution in [0.5, 0.6) is 0 Å². The smallest absolute Gasteiger partial charge is 0.265 e. The zero-order valence-electron chi connectivity index (χ0n) is 8.96. The van der Waals surface area contributed by atoms with Crippen LogP contribution >= 0.6 is 15.9 Å². The van der Waals surface area contributed by atoms with E-state index in [4.69, 9.17) is 5.73 Å². The summed E-state index contributed by atoms with van der Waals surface area (Å²) >= 11 is 3.29. The molecule has 1 fully saturated rings. The normalized spacial score (nSPS) is 24.2. The van der Waals surface area contributed by atoms with E-state index in [1.165, 1.54) is 6.42 Å². The Morgan fingerprint density at radius 1 is 1.67 bits per heavy atom. The van der Waals surface area contributed by atoms with Gasteiger partial charge in [0.05, 0.1) is 10.2 Å². The molecule has 82 valence electrons. The Morgan fingerprint density at radius 3 is 2.80 bits per heavy atom. The lowest BCUT2D eigenvalue weighted by molar-refractivity contribution is 0.575. The molecule has 0 bridgehead atoms. The highest BCUT2D eigenvalue weighted by molar-refractivity contribution is 9.10. The van der Waals surface area contributed by atoms with E-state index >= 15 is 0 Å². The molecule has 2 N–H and O–H groups in total. The van der Waals surface area contributed by atoms with Crippen molar-refractivity contribution in [2.24, 2.45) is 11.8 Å². The van der Waals surface area contributed by atoms with Gasteiger partial charge in [0.1, 0.15) is 0 Å². The fourth-order valence-electron chi connectivity index (χ4n) is 1.78. The molecule has 1 aromatic rings. The largest absolute Gasteiger partial charge is 0.397 e. The number of nitrogens with two attached hydrogens (primary N) is 1. The van der Waals surface area contributed by atoms with Crippen LogP contribution in [-0.4, -0.2) is 4.57 Å². The number of halogens is 1. The van der Waals surface area contributed by atoms with E-state index in [1.807, 2.05) is 6.92 Å². The van der Waals surface area contributed by atoms with Gasteiger partial charge in [-0.15, -0.1) is 0 Å². The van der Waals surface area contributed by atoms with Crippen LogP contribution in [0, 0.1) is 18.8 Å². The highest BCUT2D eigenvalue weighted by Crippen LogP contribution is 2.38. The summed E-state index contributed by atoms with van der Waals surface area (Å²) in [5, 5.41) is 0. The fraction of sp³-hybridized carbons (Fsp3) is 0.545. The molecule has 15 heavy (non-hydrogen) atoms. The van der Waals surface area contributed by atoms with E-state index in [0.29, 0.717) is 16.1 Å². The van der Waals surface area contributed by atoms with Crippen LogP contribution in [0.4, 0.5) is 5.69 Å². The van der Waals surface area contributed by atoms with Crippen molar-refractivity contribution in [3.63, 3.8) is 0 Å². The number of nitrogen functional groups attached to an aromatic ring is 1. The molecule has 0 amide bonds. The molecule has 0 saturated heterocycles. The second kappa shape index (κ2) is 3.67. The summed E-state index contributed by atoms with van der Waals surface area (Å²) in [6.45, 7) is 4.86. The van der Waals surface area contributed by atoms with Crippen molar-refractivity contribution in [1.29, 1.82) is 0 Å². The van der Waals surface area contributed by atoms with Crippen LogP contribution in [0.2, 0.25) is 0 Å². The van der Waals surface area contributed by atoms with E-state index < -0.39 is 0 Å². The summed E-state index contributed by atoms with van der Waals surface area (Å²) in [5.74, 6) is 1.40. The maximum absolute atomic E-state index is 11.9. The van der Waals surface area contributed by atoms with Crippen LogP contribution in [0.25, 0.3) is 0 Å². The highest BCUT2D eigenvalue weighted by Gasteiger charge is 2.32. The summed E-state index contributed by atoms with van der Waals surface area (Å²) in [5.41, 5.74) is 7.37. The molecule has 4 heteroatoms. The maximum Gasteiger partial charge on any atom is 0.265 e. The molecule has 1 heterocycles.